The highest BCUT2D eigenvalue weighted by Gasteiger charge is 2.20. The lowest BCUT2D eigenvalue weighted by Crippen LogP contribution is -2.33. The molecule has 1 saturated heterocycles. The van der Waals surface area contributed by atoms with E-state index in [-0.39, 0.29) is 0 Å². The predicted octanol–water partition coefficient (Wildman–Crippen LogP) is 1.95. The van der Waals surface area contributed by atoms with Crippen LogP contribution in [0.3, 0.4) is 0 Å². The Labute approximate surface area is 96.2 Å². The molecule has 1 aliphatic heterocycles. The fourth-order valence-corrected chi connectivity index (χ4v) is 2.01. The molecule has 1 aromatic heterocycles. The summed E-state index contributed by atoms with van der Waals surface area (Å²) in [6.45, 7) is 4.90. The van der Waals surface area contributed by atoms with Crippen molar-refractivity contribution in [2.24, 2.45) is 0 Å². The van der Waals surface area contributed by atoms with Crippen LogP contribution in [-0.4, -0.2) is 23.7 Å². The molecule has 1 fully saturated rings. The first-order chi connectivity index (χ1) is 7.66. The van der Waals surface area contributed by atoms with Crippen molar-refractivity contribution in [1.82, 2.24) is 4.98 Å². The van der Waals surface area contributed by atoms with Gasteiger partial charge in [0, 0.05) is 18.8 Å². The van der Waals surface area contributed by atoms with E-state index in [4.69, 9.17) is 10.5 Å². The molecule has 0 radical (unpaired) electrons. The molecule has 16 heavy (non-hydrogen) atoms. The molecule has 4 heteroatoms. The Morgan fingerprint density at radius 3 is 3.12 bits per heavy atom. The van der Waals surface area contributed by atoms with E-state index < -0.39 is 0 Å². The predicted molar refractivity (Wildman–Crippen MR) is 65.4 cm³/mol. The summed E-state index contributed by atoms with van der Waals surface area (Å²) in [5.74, 6) is 0.805. The molecule has 4 nitrogen and oxygen atoms in total. The minimum absolute atomic E-state index is 0.317. The number of hydrogen-bond acceptors (Lipinski definition) is 4. The molecule has 2 heterocycles. The zero-order chi connectivity index (χ0) is 11.5. The van der Waals surface area contributed by atoms with Crippen LogP contribution >= 0.6 is 0 Å². The van der Waals surface area contributed by atoms with E-state index in [2.05, 4.69) is 17.2 Å². The number of nitrogens with two attached hydrogens (primary N) is 1. The summed E-state index contributed by atoms with van der Waals surface area (Å²) in [5, 5.41) is 3.40. The number of pyridine rings is 1. The van der Waals surface area contributed by atoms with Gasteiger partial charge < -0.3 is 15.8 Å². The van der Waals surface area contributed by atoms with Gasteiger partial charge in [-0.2, -0.15) is 0 Å². The summed E-state index contributed by atoms with van der Waals surface area (Å²) in [6.07, 6.45) is 4.13. The average Bonchev–Trinajstić information content (AvgIpc) is 2.25. The Morgan fingerprint density at radius 2 is 2.38 bits per heavy atom. The molecule has 3 N–H and O–H groups in total. The highest BCUT2D eigenvalue weighted by molar-refractivity contribution is 5.65. The Bertz CT molecular complexity index is 367. The van der Waals surface area contributed by atoms with E-state index in [0.717, 1.165) is 36.5 Å². The first-order valence-corrected chi connectivity index (χ1v) is 5.76. The van der Waals surface area contributed by atoms with Gasteiger partial charge in [-0.1, -0.05) is 0 Å². The molecule has 2 rings (SSSR count). The van der Waals surface area contributed by atoms with Gasteiger partial charge in [-0.05, 0) is 38.3 Å². The highest BCUT2D eigenvalue weighted by atomic mass is 16.5. The number of anilines is 2. The maximum absolute atomic E-state index is 5.98. The van der Waals surface area contributed by atoms with Crippen LogP contribution in [0.1, 0.15) is 25.3 Å². The molecule has 0 bridgehead atoms. The van der Waals surface area contributed by atoms with Gasteiger partial charge >= 0.3 is 0 Å². The van der Waals surface area contributed by atoms with Crippen LogP contribution in [0.5, 0.6) is 0 Å². The van der Waals surface area contributed by atoms with Crippen molar-refractivity contribution in [2.45, 2.75) is 38.8 Å². The number of hydrogen-bond donors (Lipinski definition) is 2. The first-order valence-electron chi connectivity index (χ1n) is 5.76. The summed E-state index contributed by atoms with van der Waals surface area (Å²) in [7, 11) is 0. The first kappa shape index (κ1) is 11.2. The van der Waals surface area contributed by atoms with Gasteiger partial charge in [-0.15, -0.1) is 0 Å². The summed E-state index contributed by atoms with van der Waals surface area (Å²) in [4.78, 5) is 4.28. The Balaban J connectivity index is 2.05. The number of rotatable bonds is 2. The van der Waals surface area contributed by atoms with Gasteiger partial charge in [0.1, 0.15) is 5.82 Å². The minimum atomic E-state index is 0.317. The highest BCUT2D eigenvalue weighted by Crippen LogP contribution is 2.23. The van der Waals surface area contributed by atoms with Crippen LogP contribution < -0.4 is 11.1 Å². The van der Waals surface area contributed by atoms with Crippen LogP contribution in [0, 0.1) is 6.92 Å². The number of nitrogens with zero attached hydrogens (tertiary/aromatic N) is 1. The van der Waals surface area contributed by atoms with E-state index in [1.54, 1.807) is 6.20 Å². The average molecular weight is 221 g/mol. The largest absolute Gasteiger partial charge is 0.396 e. The second kappa shape index (κ2) is 4.70. The fraction of sp³-hybridized carbons (Fsp3) is 0.583. The van der Waals surface area contributed by atoms with Crippen molar-refractivity contribution in [3.05, 3.63) is 17.8 Å². The Morgan fingerprint density at radius 1 is 1.56 bits per heavy atom. The third-order valence-electron chi connectivity index (χ3n) is 3.03. The van der Waals surface area contributed by atoms with Gasteiger partial charge in [-0.3, -0.25) is 0 Å². The number of nitrogen functional groups attached to an aromatic ring is 1. The third-order valence-corrected chi connectivity index (χ3v) is 3.03. The van der Waals surface area contributed by atoms with E-state index in [0.29, 0.717) is 12.1 Å². The lowest BCUT2D eigenvalue weighted by molar-refractivity contribution is 0.0232. The summed E-state index contributed by atoms with van der Waals surface area (Å²) in [6, 6.07) is 2.34. The van der Waals surface area contributed by atoms with E-state index in [1.165, 1.54) is 0 Å². The summed E-state index contributed by atoms with van der Waals surface area (Å²) >= 11 is 0. The second-order valence-corrected chi connectivity index (χ2v) is 4.44. The topological polar surface area (TPSA) is 60.2 Å². The molecule has 0 aromatic carbocycles. The summed E-state index contributed by atoms with van der Waals surface area (Å²) < 4.78 is 5.51. The molecular formula is C12H19N3O. The normalized spacial score (nSPS) is 25.4. The molecule has 0 spiro atoms. The number of nitrogens with one attached hydrogen (secondary N) is 1. The van der Waals surface area contributed by atoms with Crippen molar-refractivity contribution in [3.63, 3.8) is 0 Å². The molecule has 88 valence electrons. The van der Waals surface area contributed by atoms with Crippen LogP contribution in [0.25, 0.3) is 0 Å². The second-order valence-electron chi connectivity index (χ2n) is 4.44. The van der Waals surface area contributed by atoms with Crippen molar-refractivity contribution in [2.75, 3.05) is 17.7 Å². The van der Waals surface area contributed by atoms with Crippen LogP contribution in [0.4, 0.5) is 11.5 Å². The molecular weight excluding hydrogens is 202 g/mol. The number of aromatic nitrogens is 1. The van der Waals surface area contributed by atoms with Crippen LogP contribution in [-0.2, 0) is 4.74 Å². The molecule has 2 atom stereocenters. The standard InChI is InChI=1S/C12H19N3O/c1-8-3-5-14-12(11(8)13)15-10-4-6-16-9(2)7-10/h3,5,9-10H,4,6-7,13H2,1-2H3,(H,14,15). The van der Waals surface area contributed by atoms with Gasteiger partial charge in [0.25, 0.3) is 0 Å². The molecule has 0 saturated carbocycles. The molecule has 0 amide bonds. The smallest absolute Gasteiger partial charge is 0.149 e. The van der Waals surface area contributed by atoms with Crippen molar-refractivity contribution >= 4 is 11.5 Å². The fourth-order valence-electron chi connectivity index (χ4n) is 2.01. The quantitative estimate of drug-likeness (QED) is 0.801. The van der Waals surface area contributed by atoms with Crippen molar-refractivity contribution in [1.29, 1.82) is 0 Å². The summed E-state index contributed by atoms with van der Waals surface area (Å²) in [5.41, 5.74) is 7.80. The molecule has 1 aliphatic rings. The zero-order valence-electron chi connectivity index (χ0n) is 9.86. The third kappa shape index (κ3) is 2.44. The van der Waals surface area contributed by atoms with Gasteiger partial charge in [0.05, 0.1) is 11.8 Å². The van der Waals surface area contributed by atoms with Crippen LogP contribution in [0.15, 0.2) is 12.3 Å². The number of ether oxygens (including phenoxy) is 1. The maximum Gasteiger partial charge on any atom is 0.149 e. The van der Waals surface area contributed by atoms with E-state index >= 15 is 0 Å². The zero-order valence-corrected chi connectivity index (χ0v) is 9.86. The van der Waals surface area contributed by atoms with Gasteiger partial charge in [-0.25, -0.2) is 4.98 Å². The molecule has 1 aromatic rings. The van der Waals surface area contributed by atoms with Crippen LogP contribution in [0.2, 0.25) is 0 Å². The lowest BCUT2D eigenvalue weighted by atomic mass is 10.0. The van der Waals surface area contributed by atoms with E-state index in [1.807, 2.05) is 13.0 Å². The molecule has 2 unspecified atom stereocenters. The lowest BCUT2D eigenvalue weighted by Gasteiger charge is -2.28. The van der Waals surface area contributed by atoms with Gasteiger partial charge in [0.15, 0.2) is 0 Å². The maximum atomic E-state index is 5.98. The monoisotopic (exact) mass is 221 g/mol. The minimum Gasteiger partial charge on any atom is -0.396 e. The van der Waals surface area contributed by atoms with Crippen molar-refractivity contribution in [3.8, 4) is 0 Å². The van der Waals surface area contributed by atoms with E-state index in [9.17, 15) is 0 Å². The Hall–Kier alpha value is -1.29. The van der Waals surface area contributed by atoms with Gasteiger partial charge in [0.2, 0.25) is 0 Å². The molecule has 0 aliphatic carbocycles. The Kier molecular flexibility index (Phi) is 3.29. The SMILES string of the molecule is Cc1ccnc(NC2CCOC(C)C2)c1N. The number of aryl methyl sites for hydroxylation is 1. The van der Waals surface area contributed by atoms with Crippen molar-refractivity contribution < 1.29 is 4.74 Å².